The number of benzene rings is 1. The summed E-state index contributed by atoms with van der Waals surface area (Å²) in [7, 11) is 0. The second-order valence-corrected chi connectivity index (χ2v) is 7.99. The Morgan fingerprint density at radius 3 is 2.86 bits per heavy atom. The van der Waals surface area contributed by atoms with Crippen LogP contribution in [-0.2, 0) is 11.2 Å². The summed E-state index contributed by atoms with van der Waals surface area (Å²) in [5.41, 5.74) is 1.14. The zero-order valence-electron chi connectivity index (χ0n) is 11.6. The second-order valence-electron chi connectivity index (χ2n) is 4.64. The molecule has 3 nitrogen and oxygen atoms in total. The number of carbonyl (C=O) groups is 1. The van der Waals surface area contributed by atoms with Gasteiger partial charge in [-0.1, -0.05) is 15.9 Å². The SMILES string of the molecule is Cc1cc(OCCCC(=O)Cc2ncc(Br)s2)ccc1Br. The van der Waals surface area contributed by atoms with Crippen LogP contribution < -0.4 is 4.74 Å². The van der Waals surface area contributed by atoms with Gasteiger partial charge >= 0.3 is 0 Å². The summed E-state index contributed by atoms with van der Waals surface area (Å²) in [4.78, 5) is 16.0. The fourth-order valence-electron chi connectivity index (χ4n) is 1.79. The minimum Gasteiger partial charge on any atom is -0.494 e. The Kier molecular flexibility index (Phi) is 6.39. The van der Waals surface area contributed by atoms with Gasteiger partial charge < -0.3 is 4.74 Å². The maximum absolute atomic E-state index is 11.8. The number of ether oxygens (including phenoxy) is 1. The summed E-state index contributed by atoms with van der Waals surface area (Å²) >= 11 is 8.30. The van der Waals surface area contributed by atoms with Gasteiger partial charge in [-0.3, -0.25) is 4.79 Å². The molecule has 1 aromatic heterocycles. The number of ketones is 1. The number of hydrogen-bond acceptors (Lipinski definition) is 4. The molecular formula is C15H15Br2NO2S. The highest BCUT2D eigenvalue weighted by Gasteiger charge is 2.07. The van der Waals surface area contributed by atoms with Crippen LogP contribution in [0.2, 0.25) is 0 Å². The van der Waals surface area contributed by atoms with E-state index in [0.717, 1.165) is 31.0 Å². The maximum Gasteiger partial charge on any atom is 0.139 e. The first-order valence-electron chi connectivity index (χ1n) is 6.55. The molecule has 0 aliphatic heterocycles. The van der Waals surface area contributed by atoms with Crippen molar-refractivity contribution in [3.63, 3.8) is 0 Å². The molecule has 21 heavy (non-hydrogen) atoms. The first-order chi connectivity index (χ1) is 10.0. The lowest BCUT2D eigenvalue weighted by molar-refractivity contribution is -0.118. The molecule has 0 saturated heterocycles. The van der Waals surface area contributed by atoms with Crippen molar-refractivity contribution in [3.05, 3.63) is 43.2 Å². The quantitative estimate of drug-likeness (QED) is 0.581. The number of Topliss-reactive ketones (excluding diaryl/α,β-unsaturated/α-hetero) is 1. The Morgan fingerprint density at radius 1 is 1.38 bits per heavy atom. The molecule has 0 bridgehead atoms. The van der Waals surface area contributed by atoms with E-state index in [4.69, 9.17) is 4.74 Å². The molecule has 2 aromatic rings. The average molecular weight is 433 g/mol. The predicted octanol–water partition coefficient (Wildman–Crippen LogP) is 4.95. The number of thiazole rings is 1. The van der Waals surface area contributed by atoms with Crippen molar-refractivity contribution in [3.8, 4) is 5.75 Å². The lowest BCUT2D eigenvalue weighted by Gasteiger charge is -2.07. The molecule has 0 fully saturated rings. The summed E-state index contributed by atoms with van der Waals surface area (Å²) in [6.07, 6.45) is 3.38. The van der Waals surface area contributed by atoms with E-state index in [0.29, 0.717) is 19.4 Å². The van der Waals surface area contributed by atoms with Crippen LogP contribution in [0.3, 0.4) is 0 Å². The highest BCUT2D eigenvalue weighted by Crippen LogP contribution is 2.22. The summed E-state index contributed by atoms with van der Waals surface area (Å²) in [6, 6.07) is 5.88. The van der Waals surface area contributed by atoms with Crippen molar-refractivity contribution < 1.29 is 9.53 Å². The molecule has 6 heteroatoms. The smallest absolute Gasteiger partial charge is 0.139 e. The van der Waals surface area contributed by atoms with E-state index in [1.807, 2.05) is 25.1 Å². The topological polar surface area (TPSA) is 39.2 Å². The Hall–Kier alpha value is -0.720. The minimum atomic E-state index is 0.201. The van der Waals surface area contributed by atoms with Gasteiger partial charge in [-0.2, -0.15) is 0 Å². The van der Waals surface area contributed by atoms with Crippen LogP contribution in [0.15, 0.2) is 32.7 Å². The highest BCUT2D eigenvalue weighted by molar-refractivity contribution is 9.11. The Labute approximate surface area is 145 Å². The lowest BCUT2D eigenvalue weighted by Crippen LogP contribution is -2.06. The molecule has 0 radical (unpaired) electrons. The molecule has 1 heterocycles. The van der Waals surface area contributed by atoms with E-state index in [2.05, 4.69) is 36.8 Å². The molecule has 112 valence electrons. The minimum absolute atomic E-state index is 0.201. The number of aromatic nitrogens is 1. The second kappa shape index (κ2) is 8.06. The molecule has 0 unspecified atom stereocenters. The van der Waals surface area contributed by atoms with Crippen LogP contribution in [0.25, 0.3) is 0 Å². The van der Waals surface area contributed by atoms with Crippen molar-refractivity contribution in [1.29, 1.82) is 0 Å². The number of halogens is 2. The molecule has 1 aromatic carbocycles. The third-order valence-corrected chi connectivity index (χ3v) is 5.24. The molecule has 0 aliphatic carbocycles. The molecule has 0 amide bonds. The van der Waals surface area contributed by atoms with Gasteiger partial charge in [-0.15, -0.1) is 11.3 Å². The van der Waals surface area contributed by atoms with E-state index >= 15 is 0 Å². The Bertz CT molecular complexity index is 628. The van der Waals surface area contributed by atoms with E-state index in [9.17, 15) is 4.79 Å². The number of hydrogen-bond donors (Lipinski definition) is 0. The van der Waals surface area contributed by atoms with Crippen molar-refractivity contribution in [2.24, 2.45) is 0 Å². The third-order valence-electron chi connectivity index (χ3n) is 2.87. The summed E-state index contributed by atoms with van der Waals surface area (Å²) in [5, 5.41) is 0.858. The van der Waals surface area contributed by atoms with Crippen molar-refractivity contribution >= 4 is 49.0 Å². The third kappa shape index (κ3) is 5.52. The standard InChI is InChI=1S/C15H15Br2NO2S/c1-10-7-12(4-5-13(10)16)20-6-2-3-11(19)8-15-18-9-14(17)21-15/h4-5,7,9H,2-3,6,8H2,1H3. The fourth-order valence-corrected chi connectivity index (χ4v) is 3.37. The maximum atomic E-state index is 11.8. The Balaban J connectivity index is 1.69. The monoisotopic (exact) mass is 431 g/mol. The number of carbonyl (C=O) groups excluding carboxylic acids is 1. The summed E-state index contributed by atoms with van der Waals surface area (Å²) in [6.45, 7) is 2.57. The number of aryl methyl sites for hydroxylation is 1. The van der Waals surface area contributed by atoms with Gasteiger partial charge in [0, 0.05) is 10.9 Å². The first-order valence-corrected chi connectivity index (χ1v) is 8.95. The van der Waals surface area contributed by atoms with Crippen LogP contribution in [0.4, 0.5) is 0 Å². The molecule has 2 rings (SSSR count). The average Bonchev–Trinajstić information content (AvgIpc) is 2.84. The van der Waals surface area contributed by atoms with Gasteiger partial charge in [0.05, 0.1) is 23.0 Å². The van der Waals surface area contributed by atoms with E-state index < -0.39 is 0 Å². The van der Waals surface area contributed by atoms with E-state index in [1.54, 1.807) is 6.20 Å². The summed E-state index contributed by atoms with van der Waals surface area (Å²) < 4.78 is 7.68. The lowest BCUT2D eigenvalue weighted by atomic mass is 10.2. The Morgan fingerprint density at radius 2 is 2.19 bits per heavy atom. The van der Waals surface area contributed by atoms with Crippen LogP contribution in [0, 0.1) is 6.92 Å². The van der Waals surface area contributed by atoms with Gasteiger partial charge in [0.25, 0.3) is 0 Å². The van der Waals surface area contributed by atoms with Gasteiger partial charge in [0.1, 0.15) is 16.5 Å². The van der Waals surface area contributed by atoms with Crippen molar-refractivity contribution in [2.75, 3.05) is 6.61 Å². The number of rotatable bonds is 7. The highest BCUT2D eigenvalue weighted by atomic mass is 79.9. The normalized spacial score (nSPS) is 10.6. The van der Waals surface area contributed by atoms with Crippen LogP contribution >= 0.6 is 43.2 Å². The van der Waals surface area contributed by atoms with Crippen molar-refractivity contribution in [1.82, 2.24) is 4.98 Å². The van der Waals surface area contributed by atoms with Gasteiger partial charge in [0.15, 0.2) is 0 Å². The van der Waals surface area contributed by atoms with E-state index in [-0.39, 0.29) is 5.78 Å². The molecule has 0 atom stereocenters. The summed E-state index contributed by atoms with van der Waals surface area (Å²) in [5.74, 6) is 1.04. The van der Waals surface area contributed by atoms with Gasteiger partial charge in [-0.25, -0.2) is 4.98 Å². The van der Waals surface area contributed by atoms with E-state index in [1.165, 1.54) is 11.3 Å². The number of nitrogens with zero attached hydrogens (tertiary/aromatic N) is 1. The van der Waals surface area contributed by atoms with Gasteiger partial charge in [0.2, 0.25) is 0 Å². The molecule has 0 N–H and O–H groups in total. The fraction of sp³-hybridized carbons (Fsp3) is 0.333. The zero-order chi connectivity index (χ0) is 15.2. The predicted molar refractivity (Wildman–Crippen MR) is 92.1 cm³/mol. The molecule has 0 saturated carbocycles. The van der Waals surface area contributed by atoms with Crippen LogP contribution in [-0.4, -0.2) is 17.4 Å². The molecule has 0 spiro atoms. The van der Waals surface area contributed by atoms with Crippen LogP contribution in [0.1, 0.15) is 23.4 Å². The molecule has 0 aliphatic rings. The van der Waals surface area contributed by atoms with Crippen molar-refractivity contribution in [2.45, 2.75) is 26.2 Å². The molecular weight excluding hydrogens is 418 g/mol. The zero-order valence-corrected chi connectivity index (χ0v) is 15.6. The van der Waals surface area contributed by atoms with Crippen LogP contribution in [0.5, 0.6) is 5.75 Å². The largest absolute Gasteiger partial charge is 0.494 e. The first kappa shape index (κ1) is 16.6. The van der Waals surface area contributed by atoms with Gasteiger partial charge in [-0.05, 0) is 53.0 Å².